The summed E-state index contributed by atoms with van der Waals surface area (Å²) in [7, 11) is 5.19. The minimum Gasteiger partial charge on any atom is -0.493 e. The van der Waals surface area contributed by atoms with E-state index in [1.165, 1.54) is 0 Å². The van der Waals surface area contributed by atoms with Crippen LogP contribution >= 0.6 is 24.0 Å². The number of guanidine groups is 1. The first kappa shape index (κ1) is 25.5. The largest absolute Gasteiger partial charge is 0.493 e. The molecular formula is C21H35IN4O3. The van der Waals surface area contributed by atoms with Crippen LogP contribution in [0.25, 0.3) is 0 Å². The van der Waals surface area contributed by atoms with Crippen molar-refractivity contribution < 1.29 is 14.3 Å². The van der Waals surface area contributed by atoms with Crippen LogP contribution in [-0.2, 0) is 9.53 Å². The first-order valence-corrected chi connectivity index (χ1v) is 9.78. The lowest BCUT2D eigenvalue weighted by Gasteiger charge is -2.30. The molecule has 0 saturated carbocycles. The Labute approximate surface area is 191 Å². The molecule has 1 aromatic rings. The highest BCUT2D eigenvalue weighted by Crippen LogP contribution is 2.31. The fourth-order valence-electron chi connectivity index (χ4n) is 2.89. The molecular weight excluding hydrogens is 483 g/mol. The van der Waals surface area contributed by atoms with Gasteiger partial charge in [-0.3, -0.25) is 4.79 Å². The number of amides is 1. The van der Waals surface area contributed by atoms with E-state index >= 15 is 0 Å². The maximum absolute atomic E-state index is 12.0. The van der Waals surface area contributed by atoms with Crippen molar-refractivity contribution >= 4 is 35.8 Å². The van der Waals surface area contributed by atoms with E-state index in [4.69, 9.17) is 9.47 Å². The Morgan fingerprint density at radius 1 is 1.34 bits per heavy atom. The fraction of sp³-hybridized carbons (Fsp3) is 0.619. The van der Waals surface area contributed by atoms with Crippen molar-refractivity contribution in [2.24, 2.45) is 10.4 Å². The predicted molar refractivity (Wildman–Crippen MR) is 127 cm³/mol. The number of fused-ring (bicyclic) bond motifs is 1. The third-order valence-corrected chi connectivity index (χ3v) is 4.86. The Balaban J connectivity index is 0.00000420. The van der Waals surface area contributed by atoms with Gasteiger partial charge in [0, 0.05) is 46.3 Å². The van der Waals surface area contributed by atoms with E-state index in [0.29, 0.717) is 19.2 Å². The van der Waals surface area contributed by atoms with Crippen molar-refractivity contribution in [3.63, 3.8) is 0 Å². The molecule has 164 valence electrons. The zero-order valence-electron chi connectivity index (χ0n) is 18.2. The van der Waals surface area contributed by atoms with Gasteiger partial charge in [-0.15, -0.1) is 24.0 Å². The van der Waals surface area contributed by atoms with Crippen LogP contribution in [0.5, 0.6) is 5.75 Å². The van der Waals surface area contributed by atoms with Crippen molar-refractivity contribution in [1.29, 1.82) is 0 Å². The van der Waals surface area contributed by atoms with Crippen LogP contribution < -0.4 is 15.4 Å². The Kier molecular flexibility index (Phi) is 10.7. The van der Waals surface area contributed by atoms with Gasteiger partial charge in [0.25, 0.3) is 0 Å². The summed E-state index contributed by atoms with van der Waals surface area (Å²) < 4.78 is 11.0. The molecule has 0 bridgehead atoms. The first-order valence-electron chi connectivity index (χ1n) is 9.78. The zero-order chi connectivity index (χ0) is 20.6. The van der Waals surface area contributed by atoms with E-state index in [1.54, 1.807) is 26.1 Å². The molecule has 0 fully saturated rings. The number of para-hydroxylation sites is 1. The van der Waals surface area contributed by atoms with Gasteiger partial charge in [-0.25, -0.2) is 4.99 Å². The second-order valence-electron chi connectivity index (χ2n) is 8.09. The molecule has 8 heteroatoms. The van der Waals surface area contributed by atoms with E-state index in [9.17, 15) is 4.79 Å². The zero-order valence-corrected chi connectivity index (χ0v) is 20.5. The number of methoxy groups -OCH3 is 1. The quantitative estimate of drug-likeness (QED) is 0.315. The van der Waals surface area contributed by atoms with Gasteiger partial charge in [-0.1, -0.05) is 32.0 Å². The van der Waals surface area contributed by atoms with Crippen molar-refractivity contribution in [1.82, 2.24) is 15.5 Å². The number of hydrogen-bond donors (Lipinski definition) is 2. The summed E-state index contributed by atoms with van der Waals surface area (Å²) in [5.74, 6) is 1.50. The molecule has 29 heavy (non-hydrogen) atoms. The van der Waals surface area contributed by atoms with Gasteiger partial charge < -0.3 is 25.0 Å². The highest BCUT2D eigenvalue weighted by molar-refractivity contribution is 14.0. The van der Waals surface area contributed by atoms with E-state index in [0.717, 1.165) is 30.7 Å². The van der Waals surface area contributed by atoms with Gasteiger partial charge >= 0.3 is 0 Å². The molecule has 0 saturated heterocycles. The lowest BCUT2D eigenvalue weighted by atomic mass is 9.90. The number of carbonyl (C=O) groups is 1. The molecule has 0 spiro atoms. The molecule has 1 unspecified atom stereocenters. The van der Waals surface area contributed by atoms with Crippen molar-refractivity contribution in [2.45, 2.75) is 32.7 Å². The number of likely N-dealkylation sites (N-methyl/N-ethyl adjacent to an activating group) is 1. The number of carbonyl (C=O) groups excluding carboxylic acids is 1. The summed E-state index contributed by atoms with van der Waals surface area (Å²) in [5.41, 5.74) is 1.15. The number of nitrogens with zero attached hydrogens (tertiary/aromatic N) is 2. The maximum atomic E-state index is 12.0. The maximum Gasteiger partial charge on any atom is 0.243 e. The summed E-state index contributed by atoms with van der Waals surface area (Å²) in [6, 6.07) is 8.12. The summed E-state index contributed by atoms with van der Waals surface area (Å²) >= 11 is 0. The van der Waals surface area contributed by atoms with Crippen LogP contribution in [0.3, 0.4) is 0 Å². The monoisotopic (exact) mass is 518 g/mol. The third kappa shape index (κ3) is 8.38. The van der Waals surface area contributed by atoms with Gasteiger partial charge in [0.2, 0.25) is 5.91 Å². The second kappa shape index (κ2) is 12.2. The standard InChI is InChI=1S/C21H34N4O3.HI/c1-21(2,11-13-27-5)15-23-20(22-14-19(26)25(3)4)24-17-10-12-28-18-9-7-6-8-16(17)18;/h6-9,17H,10-15H2,1-5H3,(H2,22,23,24);1H. The normalized spacial score (nSPS) is 16.2. The van der Waals surface area contributed by atoms with Gasteiger partial charge in [0.1, 0.15) is 12.3 Å². The number of ether oxygens (including phenoxy) is 2. The van der Waals surface area contributed by atoms with E-state index in [1.807, 2.05) is 18.2 Å². The highest BCUT2D eigenvalue weighted by Gasteiger charge is 2.23. The summed E-state index contributed by atoms with van der Waals surface area (Å²) in [4.78, 5) is 18.1. The number of aliphatic imine (C=N–C) groups is 1. The van der Waals surface area contributed by atoms with Crippen molar-refractivity contribution in [3.8, 4) is 5.75 Å². The van der Waals surface area contributed by atoms with E-state index in [-0.39, 0.29) is 47.9 Å². The average Bonchev–Trinajstić information content (AvgIpc) is 2.68. The minimum absolute atomic E-state index is 0. The second-order valence-corrected chi connectivity index (χ2v) is 8.09. The molecule has 2 N–H and O–H groups in total. The predicted octanol–water partition coefficient (Wildman–Crippen LogP) is 2.81. The summed E-state index contributed by atoms with van der Waals surface area (Å²) in [5, 5.41) is 6.91. The van der Waals surface area contributed by atoms with Crippen LogP contribution in [-0.4, -0.2) is 64.3 Å². The molecule has 1 aliphatic rings. The smallest absolute Gasteiger partial charge is 0.243 e. The molecule has 7 nitrogen and oxygen atoms in total. The Morgan fingerprint density at radius 3 is 2.76 bits per heavy atom. The van der Waals surface area contributed by atoms with Crippen LogP contribution in [0.4, 0.5) is 0 Å². The first-order chi connectivity index (χ1) is 13.3. The summed E-state index contributed by atoms with van der Waals surface area (Å²) in [6.07, 6.45) is 1.77. The van der Waals surface area contributed by atoms with Crippen LogP contribution in [0.2, 0.25) is 0 Å². The molecule has 1 aromatic carbocycles. The molecule has 1 amide bonds. The van der Waals surface area contributed by atoms with E-state index in [2.05, 4.69) is 35.5 Å². The number of hydrogen-bond acceptors (Lipinski definition) is 4. The molecule has 1 heterocycles. The molecule has 1 aliphatic heterocycles. The van der Waals surface area contributed by atoms with Crippen LogP contribution in [0.15, 0.2) is 29.3 Å². The van der Waals surface area contributed by atoms with Crippen molar-refractivity contribution in [2.75, 3.05) is 47.5 Å². The Hall–Kier alpha value is -1.55. The van der Waals surface area contributed by atoms with Gasteiger partial charge in [-0.2, -0.15) is 0 Å². The van der Waals surface area contributed by atoms with Crippen LogP contribution in [0.1, 0.15) is 38.3 Å². The lowest BCUT2D eigenvalue weighted by molar-refractivity contribution is -0.127. The Morgan fingerprint density at radius 2 is 2.07 bits per heavy atom. The van der Waals surface area contributed by atoms with Gasteiger partial charge in [0.15, 0.2) is 5.96 Å². The molecule has 0 aliphatic carbocycles. The number of halogens is 1. The third-order valence-electron chi connectivity index (χ3n) is 4.86. The van der Waals surface area contributed by atoms with Crippen molar-refractivity contribution in [3.05, 3.63) is 29.8 Å². The van der Waals surface area contributed by atoms with E-state index < -0.39 is 0 Å². The topological polar surface area (TPSA) is 75.2 Å². The molecule has 0 aromatic heterocycles. The van der Waals surface area contributed by atoms with Gasteiger partial charge in [-0.05, 0) is 17.9 Å². The van der Waals surface area contributed by atoms with Gasteiger partial charge in [0.05, 0.1) is 12.6 Å². The molecule has 0 radical (unpaired) electrons. The highest BCUT2D eigenvalue weighted by atomic mass is 127. The summed E-state index contributed by atoms with van der Waals surface area (Å²) in [6.45, 7) is 6.56. The lowest BCUT2D eigenvalue weighted by Crippen LogP contribution is -2.45. The number of nitrogens with one attached hydrogen (secondary N) is 2. The SMILES string of the molecule is COCCC(C)(C)CNC(=NCC(=O)N(C)C)NC1CCOc2ccccc21.I. The Bertz CT molecular complexity index is 680. The fourth-order valence-corrected chi connectivity index (χ4v) is 2.89. The minimum atomic E-state index is -0.0351. The molecule has 2 rings (SSSR count). The number of benzene rings is 1. The average molecular weight is 518 g/mol. The molecule has 1 atom stereocenters. The number of rotatable bonds is 8. The van der Waals surface area contributed by atoms with Crippen LogP contribution in [0, 0.1) is 5.41 Å².